The quantitative estimate of drug-likeness (QED) is 0.383. The number of nitro groups is 1. The minimum absolute atomic E-state index is 0.0358. The normalized spacial score (nSPS) is 18.8. The van der Waals surface area contributed by atoms with Crippen molar-refractivity contribution >= 4 is 21.6 Å². The summed E-state index contributed by atoms with van der Waals surface area (Å²) in [5.74, 6) is -0.326. The highest BCUT2D eigenvalue weighted by Gasteiger charge is 2.32. The second-order valence-corrected chi connectivity index (χ2v) is 10.4. The summed E-state index contributed by atoms with van der Waals surface area (Å²) in [5, 5.41) is 18.6. The molecular formula is C22H29N5O8S. The van der Waals surface area contributed by atoms with Crippen LogP contribution in [0, 0.1) is 17.0 Å². The van der Waals surface area contributed by atoms with E-state index in [0.29, 0.717) is 25.3 Å². The summed E-state index contributed by atoms with van der Waals surface area (Å²) < 4.78 is 46.3. The maximum absolute atomic E-state index is 13.4. The van der Waals surface area contributed by atoms with Crippen molar-refractivity contribution in [2.24, 2.45) is 0 Å². The summed E-state index contributed by atoms with van der Waals surface area (Å²) in [6, 6.07) is 3.40. The van der Waals surface area contributed by atoms with Gasteiger partial charge < -0.3 is 19.5 Å². The minimum Gasteiger partial charge on any atom is -0.438 e. The summed E-state index contributed by atoms with van der Waals surface area (Å²) in [5.41, 5.74) is 0.170. The molecule has 1 N–H and O–H groups in total. The van der Waals surface area contributed by atoms with Gasteiger partial charge in [0, 0.05) is 50.5 Å². The third-order valence-corrected chi connectivity index (χ3v) is 8.01. The number of hydrogen-bond acceptors (Lipinski definition) is 9. The average Bonchev–Trinajstić information content (AvgIpc) is 3.51. The molecule has 0 saturated carbocycles. The van der Waals surface area contributed by atoms with Crippen LogP contribution in [0.1, 0.15) is 35.8 Å². The number of hydrogen-bond donors (Lipinski definition) is 1. The Morgan fingerprint density at radius 2 is 2.06 bits per heavy atom. The number of morpholine rings is 1. The number of aryl methyl sites for hydroxylation is 1. The molecule has 1 aromatic heterocycles. The van der Waals surface area contributed by atoms with Gasteiger partial charge >= 0.3 is 0 Å². The number of nitrogens with one attached hydrogen (secondary N) is 1. The first-order chi connectivity index (χ1) is 17.2. The fourth-order valence-corrected chi connectivity index (χ4v) is 5.66. The third kappa shape index (κ3) is 5.36. The van der Waals surface area contributed by atoms with E-state index in [2.05, 4.69) is 10.4 Å². The molecule has 196 valence electrons. The van der Waals surface area contributed by atoms with Crippen LogP contribution in [0.3, 0.4) is 0 Å². The second kappa shape index (κ2) is 10.9. The van der Waals surface area contributed by atoms with Crippen LogP contribution in [0.4, 0.5) is 5.69 Å². The molecule has 1 unspecified atom stereocenters. The van der Waals surface area contributed by atoms with Gasteiger partial charge in [-0.1, -0.05) is 0 Å². The standard InChI is InChI=1S/C22H29N5O8S/c1-3-26-22(15(2)20(24-26)21(28)23-14-17-5-4-10-34-17)35-18-7-6-16(27(29)30)13-19(18)36(31,32)25-8-11-33-12-9-25/h6-7,13,17H,3-5,8-12,14H2,1-2H3,(H,23,28). The molecule has 1 atom stereocenters. The number of amides is 1. The van der Waals surface area contributed by atoms with Gasteiger partial charge in [-0.25, -0.2) is 13.1 Å². The van der Waals surface area contributed by atoms with Crippen LogP contribution >= 0.6 is 0 Å². The van der Waals surface area contributed by atoms with E-state index in [4.69, 9.17) is 14.2 Å². The first-order valence-electron chi connectivity index (χ1n) is 11.7. The Balaban J connectivity index is 1.66. The summed E-state index contributed by atoms with van der Waals surface area (Å²) >= 11 is 0. The number of rotatable bonds is 9. The molecular weight excluding hydrogens is 494 g/mol. The molecule has 2 aliphatic rings. The molecule has 1 aromatic carbocycles. The number of carbonyl (C=O) groups excluding carboxylic acids is 1. The predicted octanol–water partition coefficient (Wildman–Crippen LogP) is 1.84. The first kappa shape index (κ1) is 26.0. The molecule has 14 heteroatoms. The monoisotopic (exact) mass is 523 g/mol. The highest BCUT2D eigenvalue weighted by atomic mass is 32.2. The largest absolute Gasteiger partial charge is 0.438 e. The lowest BCUT2D eigenvalue weighted by Crippen LogP contribution is -2.40. The van der Waals surface area contributed by atoms with Gasteiger partial charge in [0.2, 0.25) is 15.9 Å². The zero-order valence-corrected chi connectivity index (χ0v) is 21.0. The topological polar surface area (TPSA) is 155 Å². The van der Waals surface area contributed by atoms with Gasteiger partial charge in [0.1, 0.15) is 10.6 Å². The first-order valence-corrected chi connectivity index (χ1v) is 13.2. The van der Waals surface area contributed by atoms with E-state index >= 15 is 0 Å². The van der Waals surface area contributed by atoms with Crippen LogP contribution in [0.25, 0.3) is 0 Å². The molecule has 36 heavy (non-hydrogen) atoms. The number of aromatic nitrogens is 2. The van der Waals surface area contributed by atoms with Crippen molar-refractivity contribution in [3.8, 4) is 11.6 Å². The Bertz CT molecular complexity index is 1230. The summed E-state index contributed by atoms with van der Waals surface area (Å²) in [4.78, 5) is 23.2. The van der Waals surface area contributed by atoms with Crippen LogP contribution in [0.15, 0.2) is 23.1 Å². The number of benzene rings is 1. The SMILES string of the molecule is CCn1nc(C(=O)NCC2CCCO2)c(C)c1Oc1ccc([N+](=O)[O-])cc1S(=O)(=O)N1CCOCC1. The molecule has 1 amide bonds. The van der Waals surface area contributed by atoms with E-state index in [-0.39, 0.29) is 60.3 Å². The molecule has 0 aliphatic carbocycles. The van der Waals surface area contributed by atoms with Gasteiger partial charge in [-0.15, -0.1) is 0 Å². The van der Waals surface area contributed by atoms with Crippen molar-refractivity contribution in [1.82, 2.24) is 19.4 Å². The van der Waals surface area contributed by atoms with Gasteiger partial charge in [0.15, 0.2) is 5.69 Å². The number of ether oxygens (including phenoxy) is 3. The zero-order chi connectivity index (χ0) is 25.9. The molecule has 2 aromatic rings. The molecule has 2 aliphatic heterocycles. The van der Waals surface area contributed by atoms with Crippen LogP contribution in [0.5, 0.6) is 11.6 Å². The molecule has 0 spiro atoms. The fraction of sp³-hybridized carbons (Fsp3) is 0.545. The highest BCUT2D eigenvalue weighted by Crippen LogP contribution is 2.36. The fourth-order valence-electron chi connectivity index (χ4n) is 4.12. The lowest BCUT2D eigenvalue weighted by molar-refractivity contribution is -0.385. The van der Waals surface area contributed by atoms with Gasteiger partial charge in [-0.3, -0.25) is 14.9 Å². The van der Waals surface area contributed by atoms with E-state index in [9.17, 15) is 23.3 Å². The number of non-ortho nitro benzene ring substituents is 1. The minimum atomic E-state index is -4.13. The van der Waals surface area contributed by atoms with Crippen molar-refractivity contribution in [2.75, 3.05) is 39.5 Å². The zero-order valence-electron chi connectivity index (χ0n) is 20.1. The molecule has 0 radical (unpaired) electrons. The van der Waals surface area contributed by atoms with E-state index in [1.54, 1.807) is 13.8 Å². The summed E-state index contributed by atoms with van der Waals surface area (Å²) in [6.07, 6.45) is 1.79. The van der Waals surface area contributed by atoms with Gasteiger partial charge in [0.05, 0.1) is 24.2 Å². The van der Waals surface area contributed by atoms with Crippen LogP contribution in [0.2, 0.25) is 0 Å². The lowest BCUT2D eigenvalue weighted by atomic mass is 10.2. The number of carbonyl (C=O) groups is 1. The van der Waals surface area contributed by atoms with Crippen molar-refractivity contribution in [2.45, 2.75) is 44.2 Å². The van der Waals surface area contributed by atoms with Gasteiger partial charge in [-0.05, 0) is 32.8 Å². The van der Waals surface area contributed by atoms with Crippen molar-refractivity contribution < 1.29 is 32.3 Å². The smallest absolute Gasteiger partial charge is 0.272 e. The molecule has 4 rings (SSSR count). The predicted molar refractivity (Wildman–Crippen MR) is 127 cm³/mol. The van der Waals surface area contributed by atoms with Gasteiger partial charge in [-0.2, -0.15) is 9.40 Å². The summed E-state index contributed by atoms with van der Waals surface area (Å²) in [7, 11) is -4.13. The number of nitro benzene ring substituents is 1. The maximum Gasteiger partial charge on any atom is 0.272 e. The number of sulfonamides is 1. The Labute approximate surface area is 208 Å². The van der Waals surface area contributed by atoms with Crippen LogP contribution in [-0.4, -0.2) is 78.9 Å². The van der Waals surface area contributed by atoms with Crippen molar-refractivity contribution in [3.05, 3.63) is 39.6 Å². The van der Waals surface area contributed by atoms with E-state index in [1.165, 1.54) is 21.1 Å². The average molecular weight is 524 g/mol. The van der Waals surface area contributed by atoms with Crippen LogP contribution < -0.4 is 10.1 Å². The Morgan fingerprint density at radius 1 is 1.31 bits per heavy atom. The van der Waals surface area contributed by atoms with Gasteiger partial charge in [0.25, 0.3) is 11.6 Å². The van der Waals surface area contributed by atoms with Crippen molar-refractivity contribution in [3.63, 3.8) is 0 Å². The molecule has 2 saturated heterocycles. The maximum atomic E-state index is 13.4. The van der Waals surface area contributed by atoms with E-state index in [1.807, 2.05) is 0 Å². The second-order valence-electron chi connectivity index (χ2n) is 8.45. The highest BCUT2D eigenvalue weighted by molar-refractivity contribution is 7.89. The summed E-state index contributed by atoms with van der Waals surface area (Å²) in [6.45, 7) is 5.49. The van der Waals surface area contributed by atoms with Crippen LogP contribution in [-0.2, 0) is 26.0 Å². The Morgan fingerprint density at radius 3 is 2.69 bits per heavy atom. The van der Waals surface area contributed by atoms with E-state index in [0.717, 1.165) is 18.9 Å². The van der Waals surface area contributed by atoms with E-state index < -0.39 is 20.9 Å². The molecule has 3 heterocycles. The molecule has 2 fully saturated rings. The van der Waals surface area contributed by atoms with Crippen molar-refractivity contribution in [1.29, 1.82) is 0 Å². The third-order valence-electron chi connectivity index (χ3n) is 6.09. The molecule has 0 bridgehead atoms. The lowest BCUT2D eigenvalue weighted by Gasteiger charge is -2.26. The number of nitrogens with zero attached hydrogens (tertiary/aromatic N) is 4. The Kier molecular flexibility index (Phi) is 7.88. The molecule has 13 nitrogen and oxygen atoms in total. The Hall–Kier alpha value is -3.07.